The molecule has 2 rings (SSSR count). The largest absolute Gasteiger partial charge is 0.396 e. The molecule has 19 heavy (non-hydrogen) atoms. The summed E-state index contributed by atoms with van der Waals surface area (Å²) in [5.74, 6) is 0. The van der Waals surface area contributed by atoms with Crippen molar-refractivity contribution < 1.29 is 20.1 Å². The quantitative estimate of drug-likeness (QED) is 0.377. The third kappa shape index (κ3) is 3.39. The SMILES string of the molecule is CN=C1N[C@@H]2[C@@H](O)[C@H](O)C(CNCCCO)O[C@@H]2S1. The number of aliphatic hydroxyl groups is 3. The maximum absolute atomic E-state index is 10.1. The van der Waals surface area contributed by atoms with E-state index < -0.39 is 18.3 Å². The van der Waals surface area contributed by atoms with Crippen molar-refractivity contribution in [3.05, 3.63) is 0 Å². The van der Waals surface area contributed by atoms with Crippen molar-refractivity contribution in [2.45, 2.75) is 36.2 Å². The van der Waals surface area contributed by atoms with Crippen LogP contribution < -0.4 is 10.6 Å². The van der Waals surface area contributed by atoms with Crippen molar-refractivity contribution in [3.63, 3.8) is 0 Å². The van der Waals surface area contributed by atoms with E-state index in [-0.39, 0.29) is 18.1 Å². The van der Waals surface area contributed by atoms with Crippen molar-refractivity contribution in [1.29, 1.82) is 0 Å². The lowest BCUT2D eigenvalue weighted by molar-refractivity contribution is -0.153. The number of aliphatic hydroxyl groups excluding tert-OH is 3. The fraction of sp³-hybridized carbons (Fsp3) is 0.909. The smallest absolute Gasteiger partial charge is 0.159 e. The summed E-state index contributed by atoms with van der Waals surface area (Å²) in [6.07, 6.45) is -1.62. The molecule has 0 aromatic heterocycles. The summed E-state index contributed by atoms with van der Waals surface area (Å²) in [5.41, 5.74) is -0.234. The fourth-order valence-electron chi connectivity index (χ4n) is 2.21. The first-order valence-corrected chi connectivity index (χ1v) is 7.28. The molecular formula is C11H21N3O4S. The minimum atomic E-state index is -0.938. The van der Waals surface area contributed by atoms with Crippen LogP contribution in [0.15, 0.2) is 4.99 Å². The normalized spacial score (nSPS) is 40.2. The third-order valence-electron chi connectivity index (χ3n) is 3.28. The molecule has 1 unspecified atom stereocenters. The van der Waals surface area contributed by atoms with Crippen molar-refractivity contribution >= 4 is 16.9 Å². The standard InChI is InChI=1S/C11H21N3O4S/c1-12-11-14-7-9(17)8(16)6(18-10(7)19-11)5-13-3-2-4-15/h6-10,13,15-17H,2-5H2,1H3,(H,12,14)/t6?,7-,8-,9-,10-/m1/s1. The zero-order chi connectivity index (χ0) is 13.8. The van der Waals surface area contributed by atoms with E-state index in [0.717, 1.165) is 5.17 Å². The summed E-state index contributed by atoms with van der Waals surface area (Å²) in [6, 6.07) is -0.326. The Morgan fingerprint density at radius 1 is 1.42 bits per heavy atom. The van der Waals surface area contributed by atoms with Crippen molar-refractivity contribution in [3.8, 4) is 0 Å². The maximum atomic E-state index is 10.1. The molecule has 0 saturated carbocycles. The Labute approximate surface area is 116 Å². The van der Waals surface area contributed by atoms with E-state index in [1.54, 1.807) is 7.05 Å². The fourth-order valence-corrected chi connectivity index (χ4v) is 3.31. The first-order chi connectivity index (χ1) is 9.17. The Hall–Kier alpha value is -0.380. The summed E-state index contributed by atoms with van der Waals surface area (Å²) in [7, 11) is 1.67. The molecular weight excluding hydrogens is 270 g/mol. The summed E-state index contributed by atoms with van der Waals surface area (Å²) in [4.78, 5) is 4.04. The number of hydrogen-bond donors (Lipinski definition) is 5. The highest BCUT2D eigenvalue weighted by Crippen LogP contribution is 2.33. The van der Waals surface area contributed by atoms with Crippen molar-refractivity contribution in [2.75, 3.05) is 26.7 Å². The lowest BCUT2D eigenvalue weighted by Crippen LogP contribution is -2.60. The molecule has 0 aliphatic carbocycles. The predicted molar refractivity (Wildman–Crippen MR) is 73.1 cm³/mol. The van der Waals surface area contributed by atoms with Crippen LogP contribution in [-0.4, -0.2) is 77.0 Å². The maximum Gasteiger partial charge on any atom is 0.159 e. The molecule has 0 aromatic carbocycles. The van der Waals surface area contributed by atoms with Gasteiger partial charge in [-0.05, 0) is 13.0 Å². The molecule has 0 spiro atoms. The van der Waals surface area contributed by atoms with Gasteiger partial charge in [0.25, 0.3) is 0 Å². The van der Waals surface area contributed by atoms with Crippen LogP contribution in [0.25, 0.3) is 0 Å². The van der Waals surface area contributed by atoms with Gasteiger partial charge in [0.15, 0.2) is 5.17 Å². The molecule has 0 bridgehead atoms. The van der Waals surface area contributed by atoms with E-state index in [1.165, 1.54) is 11.8 Å². The van der Waals surface area contributed by atoms with Crippen LogP contribution in [0.3, 0.4) is 0 Å². The average molecular weight is 291 g/mol. The molecule has 5 atom stereocenters. The molecule has 0 amide bonds. The lowest BCUT2D eigenvalue weighted by atomic mass is 9.98. The summed E-state index contributed by atoms with van der Waals surface area (Å²) in [6.45, 7) is 1.23. The van der Waals surface area contributed by atoms with E-state index >= 15 is 0 Å². The van der Waals surface area contributed by atoms with Crippen LogP contribution in [0.4, 0.5) is 0 Å². The van der Waals surface area contributed by atoms with E-state index in [9.17, 15) is 10.2 Å². The second-order valence-electron chi connectivity index (χ2n) is 4.62. The predicted octanol–water partition coefficient (Wildman–Crippen LogP) is -1.90. The highest BCUT2D eigenvalue weighted by Gasteiger charge is 2.48. The van der Waals surface area contributed by atoms with Crippen LogP contribution in [-0.2, 0) is 4.74 Å². The minimum Gasteiger partial charge on any atom is -0.396 e. The number of hydrogen-bond acceptors (Lipinski definition) is 7. The Bertz CT molecular complexity index is 331. The third-order valence-corrected chi connectivity index (χ3v) is 4.44. The first kappa shape index (κ1) is 15.0. The second kappa shape index (κ2) is 6.87. The molecule has 2 heterocycles. The molecule has 0 aromatic rings. The van der Waals surface area contributed by atoms with Crippen LogP contribution in [0, 0.1) is 0 Å². The summed E-state index contributed by atoms with van der Waals surface area (Å²) < 4.78 is 5.79. The Kier molecular flexibility index (Phi) is 5.43. The van der Waals surface area contributed by atoms with Gasteiger partial charge in [-0.2, -0.15) is 0 Å². The number of nitrogens with one attached hydrogen (secondary N) is 2. The van der Waals surface area contributed by atoms with Gasteiger partial charge in [0.05, 0.1) is 6.04 Å². The number of fused-ring (bicyclic) bond motifs is 1. The van der Waals surface area contributed by atoms with Crippen LogP contribution >= 0.6 is 11.8 Å². The lowest BCUT2D eigenvalue weighted by Gasteiger charge is -2.39. The van der Waals surface area contributed by atoms with Gasteiger partial charge in [0.2, 0.25) is 0 Å². The minimum absolute atomic E-state index is 0.129. The number of aliphatic imine (C=N–C) groups is 1. The van der Waals surface area contributed by atoms with Gasteiger partial charge in [0, 0.05) is 20.2 Å². The van der Waals surface area contributed by atoms with Gasteiger partial charge >= 0.3 is 0 Å². The highest BCUT2D eigenvalue weighted by molar-refractivity contribution is 8.14. The molecule has 7 nitrogen and oxygen atoms in total. The Morgan fingerprint density at radius 3 is 2.89 bits per heavy atom. The van der Waals surface area contributed by atoms with E-state index in [2.05, 4.69) is 15.6 Å². The van der Waals surface area contributed by atoms with Gasteiger partial charge in [-0.1, -0.05) is 11.8 Å². The monoisotopic (exact) mass is 291 g/mol. The van der Waals surface area contributed by atoms with Crippen LogP contribution in [0.1, 0.15) is 6.42 Å². The number of ether oxygens (including phenoxy) is 1. The average Bonchev–Trinajstić information content (AvgIpc) is 2.83. The molecule has 2 aliphatic rings. The van der Waals surface area contributed by atoms with Gasteiger partial charge in [0.1, 0.15) is 23.7 Å². The molecule has 2 saturated heterocycles. The van der Waals surface area contributed by atoms with Gasteiger partial charge in [-0.15, -0.1) is 0 Å². The van der Waals surface area contributed by atoms with Gasteiger partial charge in [-0.25, -0.2) is 0 Å². The zero-order valence-electron chi connectivity index (χ0n) is 10.8. The summed E-state index contributed by atoms with van der Waals surface area (Å²) in [5, 5.41) is 35.7. The summed E-state index contributed by atoms with van der Waals surface area (Å²) >= 11 is 1.43. The molecule has 8 heteroatoms. The van der Waals surface area contributed by atoms with Gasteiger partial charge < -0.3 is 30.7 Å². The second-order valence-corrected chi connectivity index (χ2v) is 5.71. The van der Waals surface area contributed by atoms with Gasteiger partial charge in [-0.3, -0.25) is 4.99 Å². The number of thioether (sulfide) groups is 1. The van der Waals surface area contributed by atoms with Crippen LogP contribution in [0.5, 0.6) is 0 Å². The topological polar surface area (TPSA) is 106 Å². The number of rotatable bonds is 5. The van der Waals surface area contributed by atoms with E-state index in [4.69, 9.17) is 9.84 Å². The zero-order valence-corrected chi connectivity index (χ0v) is 11.6. The molecule has 110 valence electrons. The number of amidine groups is 1. The Balaban J connectivity index is 1.89. The van der Waals surface area contributed by atoms with Crippen molar-refractivity contribution in [1.82, 2.24) is 10.6 Å². The van der Waals surface area contributed by atoms with E-state index in [0.29, 0.717) is 19.5 Å². The number of nitrogens with zero attached hydrogens (tertiary/aromatic N) is 1. The Morgan fingerprint density at radius 2 is 2.21 bits per heavy atom. The van der Waals surface area contributed by atoms with E-state index in [1.807, 2.05) is 0 Å². The first-order valence-electron chi connectivity index (χ1n) is 6.40. The molecule has 5 N–H and O–H groups in total. The molecule has 0 radical (unpaired) electrons. The molecule has 2 fully saturated rings. The highest BCUT2D eigenvalue weighted by atomic mass is 32.2. The van der Waals surface area contributed by atoms with Crippen LogP contribution in [0.2, 0.25) is 0 Å². The molecule has 2 aliphatic heterocycles. The van der Waals surface area contributed by atoms with Crippen molar-refractivity contribution in [2.24, 2.45) is 4.99 Å².